The molecular weight excluding hydrogens is 356 g/mol. The first-order valence-electron chi connectivity index (χ1n) is 8.90. The number of aryl methyl sites for hydroxylation is 2. The van der Waals surface area contributed by atoms with Gasteiger partial charge in [0.1, 0.15) is 5.76 Å². The number of carbonyl (C=O) groups excluding carboxylic acids is 1. The van der Waals surface area contributed by atoms with E-state index in [4.69, 9.17) is 4.52 Å². The summed E-state index contributed by atoms with van der Waals surface area (Å²) in [7, 11) is 1.80. The smallest absolute Gasteiger partial charge is 0.231 e. The van der Waals surface area contributed by atoms with Crippen LogP contribution in [-0.4, -0.2) is 79.6 Å². The van der Waals surface area contributed by atoms with E-state index in [2.05, 4.69) is 10.1 Å². The maximum absolute atomic E-state index is 13.1. The summed E-state index contributed by atoms with van der Waals surface area (Å²) in [5.74, 6) is 0.812. The first kappa shape index (κ1) is 19.3. The lowest BCUT2D eigenvalue weighted by Crippen LogP contribution is -2.66. The molecule has 9 heteroatoms. The molecule has 0 radical (unpaired) electrons. The standard InChI is InChI=1S/C17H28N4O4S/c1-12-14(13(2)25-18-12)10-21-8-6-15-17(11-21,16(22)19(3)4)7-9-26(23,24)20(15)5/h15H,6-11H2,1-5H3/t15-,17+/m1/s1. The van der Waals surface area contributed by atoms with Gasteiger partial charge in [0.2, 0.25) is 15.9 Å². The predicted molar refractivity (Wildman–Crippen MR) is 97.0 cm³/mol. The van der Waals surface area contributed by atoms with Gasteiger partial charge in [0, 0.05) is 52.4 Å². The van der Waals surface area contributed by atoms with Gasteiger partial charge in [-0.25, -0.2) is 12.7 Å². The minimum absolute atomic E-state index is 0.00714. The maximum atomic E-state index is 13.1. The van der Waals surface area contributed by atoms with Crippen LogP contribution in [0.2, 0.25) is 0 Å². The normalized spacial score (nSPS) is 29.3. The number of amides is 1. The Labute approximate surface area is 155 Å². The van der Waals surface area contributed by atoms with Crippen LogP contribution in [0.1, 0.15) is 29.9 Å². The Kier molecular flexibility index (Phi) is 4.91. The largest absolute Gasteiger partial charge is 0.361 e. The molecule has 0 aliphatic carbocycles. The first-order valence-corrected chi connectivity index (χ1v) is 10.5. The molecule has 0 N–H and O–H groups in total. The molecule has 3 heterocycles. The van der Waals surface area contributed by atoms with Gasteiger partial charge in [0.25, 0.3) is 0 Å². The molecule has 0 unspecified atom stereocenters. The highest BCUT2D eigenvalue weighted by Crippen LogP contribution is 2.43. The van der Waals surface area contributed by atoms with Crippen molar-refractivity contribution >= 4 is 15.9 Å². The minimum atomic E-state index is -3.29. The zero-order chi connectivity index (χ0) is 19.3. The number of carbonyl (C=O) groups is 1. The van der Waals surface area contributed by atoms with Gasteiger partial charge in [0.05, 0.1) is 16.9 Å². The van der Waals surface area contributed by atoms with Crippen LogP contribution in [0, 0.1) is 19.3 Å². The van der Waals surface area contributed by atoms with E-state index >= 15 is 0 Å². The molecule has 0 bridgehead atoms. The van der Waals surface area contributed by atoms with Crippen molar-refractivity contribution in [3.8, 4) is 0 Å². The van der Waals surface area contributed by atoms with Crippen LogP contribution in [0.5, 0.6) is 0 Å². The summed E-state index contributed by atoms with van der Waals surface area (Å²) < 4.78 is 31.4. The van der Waals surface area contributed by atoms with Gasteiger partial charge >= 0.3 is 0 Å². The van der Waals surface area contributed by atoms with Crippen molar-refractivity contribution in [1.29, 1.82) is 0 Å². The van der Waals surface area contributed by atoms with E-state index in [1.165, 1.54) is 4.31 Å². The topological polar surface area (TPSA) is 87.0 Å². The van der Waals surface area contributed by atoms with Crippen LogP contribution >= 0.6 is 0 Å². The molecule has 26 heavy (non-hydrogen) atoms. The molecule has 1 amide bonds. The van der Waals surface area contributed by atoms with Gasteiger partial charge in [-0.2, -0.15) is 0 Å². The Balaban J connectivity index is 1.92. The summed E-state index contributed by atoms with van der Waals surface area (Å²) in [5, 5.41) is 4.01. The van der Waals surface area contributed by atoms with Crippen LogP contribution in [-0.2, 0) is 21.4 Å². The molecule has 1 aromatic rings. The highest BCUT2D eigenvalue weighted by Gasteiger charge is 2.56. The van der Waals surface area contributed by atoms with Gasteiger partial charge in [-0.15, -0.1) is 0 Å². The lowest BCUT2D eigenvalue weighted by Gasteiger charge is -2.53. The number of hydrogen-bond acceptors (Lipinski definition) is 6. The molecule has 1 aromatic heterocycles. The van der Waals surface area contributed by atoms with Crippen LogP contribution in [0.15, 0.2) is 4.52 Å². The van der Waals surface area contributed by atoms with E-state index < -0.39 is 15.4 Å². The van der Waals surface area contributed by atoms with Gasteiger partial charge in [-0.3, -0.25) is 9.69 Å². The second-order valence-electron chi connectivity index (χ2n) is 7.76. The first-order chi connectivity index (χ1) is 12.1. The summed E-state index contributed by atoms with van der Waals surface area (Å²) in [6, 6.07) is -0.294. The molecule has 3 rings (SSSR count). The summed E-state index contributed by atoms with van der Waals surface area (Å²) >= 11 is 0. The number of piperidine rings is 1. The van der Waals surface area contributed by atoms with Gasteiger partial charge in [-0.05, 0) is 26.7 Å². The molecule has 2 fully saturated rings. The van der Waals surface area contributed by atoms with Gasteiger partial charge in [0.15, 0.2) is 0 Å². The van der Waals surface area contributed by atoms with Crippen LogP contribution < -0.4 is 0 Å². The Morgan fingerprint density at radius 3 is 2.65 bits per heavy atom. The molecule has 0 aromatic carbocycles. The van der Waals surface area contributed by atoms with Crippen molar-refractivity contribution in [2.24, 2.45) is 5.41 Å². The fraction of sp³-hybridized carbons (Fsp3) is 0.765. The summed E-state index contributed by atoms with van der Waals surface area (Å²) in [6.07, 6.45) is 0.998. The lowest BCUT2D eigenvalue weighted by molar-refractivity contribution is -0.148. The Morgan fingerprint density at radius 1 is 1.38 bits per heavy atom. The van der Waals surface area contributed by atoms with E-state index in [1.54, 1.807) is 26.0 Å². The third-order valence-electron chi connectivity index (χ3n) is 5.94. The molecule has 2 aliphatic rings. The highest BCUT2D eigenvalue weighted by molar-refractivity contribution is 7.89. The molecule has 2 atom stereocenters. The molecule has 0 spiro atoms. The van der Waals surface area contributed by atoms with Gasteiger partial charge < -0.3 is 9.42 Å². The average Bonchev–Trinajstić information content (AvgIpc) is 2.90. The number of likely N-dealkylation sites (tertiary alicyclic amines) is 1. The zero-order valence-electron chi connectivity index (χ0n) is 16.2. The second kappa shape index (κ2) is 6.61. The lowest BCUT2D eigenvalue weighted by atomic mass is 9.72. The Morgan fingerprint density at radius 2 is 2.08 bits per heavy atom. The third-order valence-corrected chi connectivity index (χ3v) is 7.79. The van der Waals surface area contributed by atoms with Crippen LogP contribution in [0.4, 0.5) is 0 Å². The zero-order valence-corrected chi connectivity index (χ0v) is 17.0. The number of aromatic nitrogens is 1. The molecule has 146 valence electrons. The quantitative estimate of drug-likeness (QED) is 0.759. The van der Waals surface area contributed by atoms with E-state index in [-0.39, 0.29) is 17.7 Å². The van der Waals surface area contributed by atoms with Gasteiger partial charge in [-0.1, -0.05) is 5.16 Å². The van der Waals surface area contributed by atoms with Crippen molar-refractivity contribution in [1.82, 2.24) is 19.3 Å². The molecule has 2 aliphatic heterocycles. The average molecular weight is 385 g/mol. The summed E-state index contributed by atoms with van der Waals surface area (Å²) in [5.41, 5.74) is 1.20. The number of sulfonamides is 1. The fourth-order valence-corrected chi connectivity index (χ4v) is 6.04. The number of hydrogen-bond donors (Lipinski definition) is 0. The number of fused-ring (bicyclic) bond motifs is 1. The van der Waals surface area contributed by atoms with Crippen molar-refractivity contribution in [2.45, 2.75) is 39.3 Å². The Bertz CT molecular complexity index is 784. The SMILES string of the molecule is Cc1noc(C)c1CN1CC[C@H]2N(C)S(=O)(=O)CC[C@]2(C(=O)N(C)C)C1. The highest BCUT2D eigenvalue weighted by atomic mass is 32.2. The monoisotopic (exact) mass is 384 g/mol. The fourth-order valence-electron chi connectivity index (χ4n) is 4.44. The maximum Gasteiger partial charge on any atom is 0.231 e. The Hall–Kier alpha value is -1.45. The van der Waals surface area contributed by atoms with E-state index in [1.807, 2.05) is 13.8 Å². The van der Waals surface area contributed by atoms with E-state index in [9.17, 15) is 13.2 Å². The minimum Gasteiger partial charge on any atom is -0.361 e. The van der Waals surface area contributed by atoms with Crippen molar-refractivity contribution < 1.29 is 17.7 Å². The predicted octanol–water partition coefficient (Wildman–Crippen LogP) is 0.606. The van der Waals surface area contributed by atoms with Crippen molar-refractivity contribution in [3.63, 3.8) is 0 Å². The number of rotatable bonds is 3. The van der Waals surface area contributed by atoms with E-state index in [0.29, 0.717) is 25.9 Å². The third kappa shape index (κ3) is 3.05. The molecular formula is C17H28N4O4S. The molecule has 8 nitrogen and oxygen atoms in total. The van der Waals surface area contributed by atoms with Crippen LogP contribution in [0.25, 0.3) is 0 Å². The van der Waals surface area contributed by atoms with Crippen molar-refractivity contribution in [3.05, 3.63) is 17.0 Å². The number of nitrogens with zero attached hydrogens (tertiary/aromatic N) is 4. The molecule has 2 saturated heterocycles. The van der Waals surface area contributed by atoms with E-state index in [0.717, 1.165) is 23.6 Å². The molecule has 0 saturated carbocycles. The summed E-state index contributed by atoms with van der Waals surface area (Å²) in [4.78, 5) is 17.0. The second-order valence-corrected chi connectivity index (χ2v) is 9.90. The summed E-state index contributed by atoms with van der Waals surface area (Å²) in [6.45, 7) is 5.74. The van der Waals surface area contributed by atoms with Crippen LogP contribution in [0.3, 0.4) is 0 Å². The van der Waals surface area contributed by atoms with Crippen molar-refractivity contribution in [2.75, 3.05) is 40.0 Å².